The first kappa shape index (κ1) is 19.2. The van der Waals surface area contributed by atoms with Crippen molar-refractivity contribution in [1.29, 1.82) is 0 Å². The third-order valence-electron chi connectivity index (χ3n) is 4.32. The van der Waals surface area contributed by atoms with Gasteiger partial charge < -0.3 is 24.4 Å². The van der Waals surface area contributed by atoms with Crippen molar-refractivity contribution in [2.45, 2.75) is 19.0 Å². The van der Waals surface area contributed by atoms with Gasteiger partial charge in [-0.3, -0.25) is 9.59 Å². The van der Waals surface area contributed by atoms with Crippen LogP contribution >= 0.6 is 0 Å². The maximum absolute atomic E-state index is 12.8. The van der Waals surface area contributed by atoms with Crippen molar-refractivity contribution in [3.63, 3.8) is 0 Å². The summed E-state index contributed by atoms with van der Waals surface area (Å²) < 4.78 is 12.2. The average Bonchev–Trinajstić information content (AvgIpc) is 3.38. The molecule has 3 aromatic rings. The van der Waals surface area contributed by atoms with Crippen LogP contribution in [0.4, 0.5) is 0 Å². The molecule has 1 aromatic carbocycles. The minimum absolute atomic E-state index is 0.146. The Morgan fingerprint density at radius 1 is 1.21 bits per heavy atom. The normalized spacial score (nSPS) is 12.8. The number of rotatable bonds is 7. The molecule has 2 N–H and O–H groups in total. The molecule has 0 saturated heterocycles. The molecule has 2 aromatic heterocycles. The van der Waals surface area contributed by atoms with Crippen LogP contribution in [0.15, 0.2) is 59.5 Å². The molecule has 0 aliphatic carbocycles. The zero-order valence-corrected chi connectivity index (χ0v) is 15.9. The fourth-order valence-corrected chi connectivity index (χ4v) is 2.78. The zero-order valence-electron chi connectivity index (χ0n) is 15.9. The van der Waals surface area contributed by atoms with Gasteiger partial charge in [0.2, 0.25) is 5.91 Å². The summed E-state index contributed by atoms with van der Waals surface area (Å²) in [5.74, 6) is 0.669. The third kappa shape index (κ3) is 4.22. The lowest BCUT2D eigenvalue weighted by atomic mass is 10.0. The molecule has 0 radical (unpaired) electrons. The van der Waals surface area contributed by atoms with Crippen LogP contribution < -0.4 is 15.4 Å². The lowest BCUT2D eigenvalue weighted by Gasteiger charge is -2.22. The summed E-state index contributed by atoms with van der Waals surface area (Å²) in [5.41, 5.74) is 0.812. The number of methoxy groups -OCH3 is 1. The molecule has 8 nitrogen and oxygen atoms in total. The number of carbonyl (C=O) groups excluding carboxylic acids is 2. The summed E-state index contributed by atoms with van der Waals surface area (Å²) in [5, 5.41) is 5.58. The van der Waals surface area contributed by atoms with E-state index in [1.165, 1.54) is 12.3 Å². The molecule has 0 saturated carbocycles. The molecule has 0 bridgehead atoms. The van der Waals surface area contributed by atoms with Gasteiger partial charge in [-0.1, -0.05) is 12.1 Å². The Morgan fingerprint density at radius 3 is 2.68 bits per heavy atom. The van der Waals surface area contributed by atoms with E-state index in [0.717, 1.165) is 5.56 Å². The van der Waals surface area contributed by atoms with Gasteiger partial charge in [0.25, 0.3) is 5.91 Å². The van der Waals surface area contributed by atoms with E-state index in [4.69, 9.17) is 9.15 Å². The first-order chi connectivity index (χ1) is 13.5. The lowest BCUT2D eigenvalue weighted by Crippen LogP contribution is -2.46. The minimum atomic E-state index is -0.772. The maximum Gasteiger partial charge on any atom is 0.287 e. The van der Waals surface area contributed by atoms with Crippen molar-refractivity contribution in [3.8, 4) is 5.75 Å². The number of benzene rings is 1. The van der Waals surface area contributed by atoms with Gasteiger partial charge in [-0.25, -0.2) is 4.98 Å². The quantitative estimate of drug-likeness (QED) is 0.652. The summed E-state index contributed by atoms with van der Waals surface area (Å²) in [6.07, 6.45) is 4.87. The van der Waals surface area contributed by atoms with Crippen molar-refractivity contribution >= 4 is 11.8 Å². The first-order valence-electron chi connectivity index (χ1n) is 8.75. The van der Waals surface area contributed by atoms with E-state index in [1.807, 2.05) is 35.9 Å². The monoisotopic (exact) mass is 382 g/mol. The second kappa shape index (κ2) is 8.43. The molecule has 8 heteroatoms. The minimum Gasteiger partial charge on any atom is -0.497 e. The van der Waals surface area contributed by atoms with Gasteiger partial charge in [0.05, 0.1) is 13.4 Å². The number of carbonyl (C=O) groups is 2. The molecule has 2 heterocycles. The maximum atomic E-state index is 12.8. The van der Waals surface area contributed by atoms with Gasteiger partial charge in [-0.2, -0.15) is 0 Å². The van der Waals surface area contributed by atoms with E-state index >= 15 is 0 Å². The number of amides is 2. The second-order valence-corrected chi connectivity index (χ2v) is 6.29. The van der Waals surface area contributed by atoms with Crippen LogP contribution in [0.2, 0.25) is 0 Å². The van der Waals surface area contributed by atoms with E-state index in [0.29, 0.717) is 11.6 Å². The Bertz CT molecular complexity index is 949. The van der Waals surface area contributed by atoms with E-state index in [1.54, 1.807) is 32.5 Å². The number of nitrogens with one attached hydrogen (secondary N) is 2. The van der Waals surface area contributed by atoms with E-state index in [-0.39, 0.29) is 11.7 Å². The summed E-state index contributed by atoms with van der Waals surface area (Å²) in [6.45, 7) is 1.61. The van der Waals surface area contributed by atoms with Crippen LogP contribution in [0.1, 0.15) is 34.9 Å². The van der Waals surface area contributed by atoms with Crippen LogP contribution in [0.25, 0.3) is 0 Å². The molecule has 0 aliphatic rings. The van der Waals surface area contributed by atoms with E-state index in [2.05, 4.69) is 15.6 Å². The summed E-state index contributed by atoms with van der Waals surface area (Å²) in [7, 11) is 3.43. The number of nitrogens with zero attached hydrogens (tertiary/aromatic N) is 2. The third-order valence-corrected chi connectivity index (χ3v) is 4.32. The predicted molar refractivity (Wildman–Crippen MR) is 102 cm³/mol. The van der Waals surface area contributed by atoms with Gasteiger partial charge >= 0.3 is 0 Å². The molecule has 2 amide bonds. The Morgan fingerprint density at radius 2 is 2.04 bits per heavy atom. The van der Waals surface area contributed by atoms with Crippen LogP contribution in [0.5, 0.6) is 5.75 Å². The van der Waals surface area contributed by atoms with Crippen molar-refractivity contribution in [2.24, 2.45) is 7.05 Å². The fraction of sp³-hybridized carbons (Fsp3) is 0.250. The standard InChI is InChI=1S/C20H22N4O4/c1-13(22-20(26)16-8-5-11-28-16)19(25)23-17(18-21-9-10-24(18)2)14-6-4-7-15(12-14)27-3/h4-13,17H,1-3H3,(H,22,26)(H,23,25). The van der Waals surface area contributed by atoms with Gasteiger partial charge in [0.1, 0.15) is 23.7 Å². The number of imidazole rings is 1. The molecule has 28 heavy (non-hydrogen) atoms. The number of ether oxygens (including phenoxy) is 1. The predicted octanol–water partition coefficient (Wildman–Crippen LogP) is 2.05. The fourth-order valence-electron chi connectivity index (χ4n) is 2.78. The number of hydrogen-bond acceptors (Lipinski definition) is 5. The number of aromatic nitrogens is 2. The SMILES string of the molecule is COc1cccc(C(NC(=O)C(C)NC(=O)c2ccco2)c2nccn2C)c1. The summed E-state index contributed by atoms with van der Waals surface area (Å²) >= 11 is 0. The Hall–Kier alpha value is -3.55. The van der Waals surface area contributed by atoms with Crippen molar-refractivity contribution in [2.75, 3.05) is 7.11 Å². The van der Waals surface area contributed by atoms with E-state index in [9.17, 15) is 9.59 Å². The second-order valence-electron chi connectivity index (χ2n) is 6.29. The highest BCUT2D eigenvalue weighted by Crippen LogP contribution is 2.24. The first-order valence-corrected chi connectivity index (χ1v) is 8.75. The highest BCUT2D eigenvalue weighted by atomic mass is 16.5. The van der Waals surface area contributed by atoms with Crippen molar-refractivity contribution in [1.82, 2.24) is 20.2 Å². The molecule has 0 aliphatic heterocycles. The zero-order chi connectivity index (χ0) is 20.1. The van der Waals surface area contributed by atoms with Crippen LogP contribution in [0, 0.1) is 0 Å². The highest BCUT2D eigenvalue weighted by molar-refractivity contribution is 5.95. The van der Waals surface area contributed by atoms with Crippen molar-refractivity contribution < 1.29 is 18.7 Å². The smallest absolute Gasteiger partial charge is 0.287 e. The molecule has 3 rings (SSSR count). The molecule has 0 spiro atoms. The number of aryl methyl sites for hydroxylation is 1. The molecule has 0 fully saturated rings. The van der Waals surface area contributed by atoms with Crippen LogP contribution in [0.3, 0.4) is 0 Å². The summed E-state index contributed by atoms with van der Waals surface area (Å²) in [6, 6.07) is 9.26. The Balaban J connectivity index is 1.80. The topological polar surface area (TPSA) is 98.4 Å². The summed E-state index contributed by atoms with van der Waals surface area (Å²) in [4.78, 5) is 29.3. The van der Waals surface area contributed by atoms with Gasteiger partial charge in [-0.15, -0.1) is 0 Å². The molecule has 146 valence electrons. The average molecular weight is 382 g/mol. The molecule has 2 unspecified atom stereocenters. The molecular weight excluding hydrogens is 360 g/mol. The molecule has 2 atom stereocenters. The Kier molecular flexibility index (Phi) is 5.78. The van der Waals surface area contributed by atoms with Gasteiger partial charge in [-0.05, 0) is 36.8 Å². The number of furan rings is 1. The lowest BCUT2D eigenvalue weighted by molar-refractivity contribution is -0.123. The van der Waals surface area contributed by atoms with Crippen molar-refractivity contribution in [3.05, 3.63) is 72.2 Å². The van der Waals surface area contributed by atoms with Crippen LogP contribution in [-0.2, 0) is 11.8 Å². The molecular formula is C20H22N4O4. The highest BCUT2D eigenvalue weighted by Gasteiger charge is 2.25. The van der Waals surface area contributed by atoms with Crippen LogP contribution in [-0.4, -0.2) is 34.5 Å². The Labute approximate surface area is 162 Å². The van der Waals surface area contributed by atoms with Gasteiger partial charge in [0.15, 0.2) is 5.76 Å². The van der Waals surface area contributed by atoms with Gasteiger partial charge in [0, 0.05) is 19.4 Å². The number of hydrogen-bond donors (Lipinski definition) is 2. The largest absolute Gasteiger partial charge is 0.497 e. The van der Waals surface area contributed by atoms with E-state index < -0.39 is 18.0 Å².